The minimum absolute atomic E-state index is 0.250. The van der Waals surface area contributed by atoms with Gasteiger partial charge in [-0.2, -0.15) is 9.97 Å². The lowest BCUT2D eigenvalue weighted by atomic mass is 10.2. The molecule has 6 heteroatoms. The summed E-state index contributed by atoms with van der Waals surface area (Å²) in [7, 11) is 0. The topological polar surface area (TPSA) is 70.3 Å². The van der Waals surface area contributed by atoms with Gasteiger partial charge < -0.3 is 15.2 Å². The molecule has 0 amide bonds. The maximum Gasteiger partial charge on any atom is 0.249 e. The number of anilines is 1. The third-order valence-electron chi connectivity index (χ3n) is 3.39. The molecule has 2 N–H and O–H groups in total. The largest absolute Gasteiger partial charge is 0.437 e. The predicted octanol–water partition coefficient (Wildman–Crippen LogP) is 4.97. The van der Waals surface area contributed by atoms with E-state index in [0.29, 0.717) is 11.5 Å². The maximum absolute atomic E-state index is 6.08. The number of ether oxygens (including phenoxy) is 2. The first-order valence-corrected chi connectivity index (χ1v) is 8.25. The summed E-state index contributed by atoms with van der Waals surface area (Å²) in [5.41, 5.74) is 7.56. The smallest absolute Gasteiger partial charge is 0.249 e. The Morgan fingerprint density at radius 3 is 1.88 bits per heavy atom. The number of hydrogen-bond acceptors (Lipinski definition) is 5. The van der Waals surface area contributed by atoms with Crippen LogP contribution in [0.3, 0.4) is 0 Å². The molecule has 0 radical (unpaired) electrons. The second kappa shape index (κ2) is 7.31. The zero-order valence-electron chi connectivity index (χ0n) is 13.1. The van der Waals surface area contributed by atoms with E-state index in [1.807, 2.05) is 48.5 Å². The van der Waals surface area contributed by atoms with Gasteiger partial charge in [0.15, 0.2) is 5.69 Å². The number of rotatable bonds is 5. The van der Waals surface area contributed by atoms with Crippen LogP contribution in [-0.2, 0) is 6.42 Å². The zero-order chi connectivity index (χ0) is 16.9. The fourth-order valence-corrected chi connectivity index (χ4v) is 2.31. The molecule has 0 bridgehead atoms. The molecule has 0 spiro atoms. The molecule has 0 saturated carbocycles. The number of nitrogen functional groups attached to an aromatic ring is 1. The Hall–Kier alpha value is -2.60. The van der Waals surface area contributed by atoms with Gasteiger partial charge in [0.05, 0.1) is 0 Å². The van der Waals surface area contributed by atoms with Gasteiger partial charge in [-0.15, -0.1) is 0 Å². The third kappa shape index (κ3) is 3.83. The summed E-state index contributed by atoms with van der Waals surface area (Å²) in [5, 5.41) is 0. The average molecular weight is 386 g/mol. The van der Waals surface area contributed by atoms with Crippen LogP contribution in [0.15, 0.2) is 59.3 Å². The molecule has 2 aromatic carbocycles. The number of aromatic nitrogens is 2. The molecule has 122 valence electrons. The number of halogens is 1. The molecule has 5 nitrogen and oxygen atoms in total. The Kier molecular flexibility index (Phi) is 4.96. The van der Waals surface area contributed by atoms with E-state index < -0.39 is 0 Å². The number of nitrogens with zero attached hydrogens (tertiary/aromatic N) is 2. The van der Waals surface area contributed by atoms with Gasteiger partial charge in [-0.3, -0.25) is 0 Å². The zero-order valence-corrected chi connectivity index (χ0v) is 14.7. The lowest BCUT2D eigenvalue weighted by Crippen LogP contribution is -2.00. The average Bonchev–Trinajstić information content (AvgIpc) is 2.61. The summed E-state index contributed by atoms with van der Waals surface area (Å²) in [4.78, 5) is 8.16. The number of aryl methyl sites for hydroxylation is 1. The van der Waals surface area contributed by atoms with Gasteiger partial charge in [0.2, 0.25) is 11.8 Å². The van der Waals surface area contributed by atoms with Gasteiger partial charge in [-0.1, -0.05) is 35.0 Å². The molecule has 1 aromatic heterocycles. The lowest BCUT2D eigenvalue weighted by molar-refractivity contribution is 0.438. The van der Waals surface area contributed by atoms with Gasteiger partial charge in [0.1, 0.15) is 17.8 Å². The van der Waals surface area contributed by atoms with Crippen LogP contribution in [0.25, 0.3) is 0 Å². The van der Waals surface area contributed by atoms with Crippen molar-refractivity contribution >= 4 is 21.6 Å². The molecule has 1 heterocycles. The van der Waals surface area contributed by atoms with E-state index in [1.165, 1.54) is 11.9 Å². The van der Waals surface area contributed by atoms with Gasteiger partial charge >= 0.3 is 0 Å². The highest BCUT2D eigenvalue weighted by atomic mass is 79.9. The SMILES string of the molecule is CCc1ccc(Oc2ncnc(Oc3ccc(Br)cc3)c2N)cc1. The molecule has 3 rings (SSSR count). The Morgan fingerprint density at radius 2 is 1.38 bits per heavy atom. The van der Waals surface area contributed by atoms with Crippen molar-refractivity contribution in [3.63, 3.8) is 0 Å². The Bertz CT molecular complexity index is 821. The first-order chi connectivity index (χ1) is 11.7. The van der Waals surface area contributed by atoms with Crippen LogP contribution in [-0.4, -0.2) is 9.97 Å². The molecule has 3 aromatic rings. The Morgan fingerprint density at radius 1 is 0.875 bits per heavy atom. The van der Waals surface area contributed by atoms with Crippen LogP contribution in [0, 0.1) is 0 Å². The Labute approximate surface area is 148 Å². The van der Waals surface area contributed by atoms with Crippen LogP contribution in [0.5, 0.6) is 23.3 Å². The standard InChI is InChI=1S/C18H16BrN3O2/c1-2-12-3-7-14(8-4-12)23-17-16(20)18(22-11-21-17)24-15-9-5-13(19)6-10-15/h3-11H,2,20H2,1H3. The second-order valence-electron chi connectivity index (χ2n) is 5.05. The van der Waals surface area contributed by atoms with Crippen LogP contribution in [0.1, 0.15) is 12.5 Å². The summed E-state index contributed by atoms with van der Waals surface area (Å²) in [5.74, 6) is 1.81. The maximum atomic E-state index is 6.08. The van der Waals surface area contributed by atoms with E-state index in [-0.39, 0.29) is 17.4 Å². The van der Waals surface area contributed by atoms with E-state index in [1.54, 1.807) is 0 Å². The molecular formula is C18H16BrN3O2. The van der Waals surface area contributed by atoms with Crippen LogP contribution >= 0.6 is 15.9 Å². The van der Waals surface area contributed by atoms with Gasteiger partial charge in [-0.05, 0) is 48.4 Å². The van der Waals surface area contributed by atoms with Crippen LogP contribution in [0.4, 0.5) is 5.69 Å². The molecule has 0 aliphatic carbocycles. The molecule has 24 heavy (non-hydrogen) atoms. The molecule has 0 aliphatic heterocycles. The minimum atomic E-state index is 0.250. The number of benzene rings is 2. The van der Waals surface area contributed by atoms with Crippen molar-refractivity contribution in [3.05, 3.63) is 64.9 Å². The van der Waals surface area contributed by atoms with E-state index in [2.05, 4.69) is 32.8 Å². The fraction of sp³-hybridized carbons (Fsp3) is 0.111. The molecule has 0 aliphatic rings. The molecule has 0 saturated heterocycles. The minimum Gasteiger partial charge on any atom is -0.437 e. The number of hydrogen-bond donors (Lipinski definition) is 1. The number of nitrogens with two attached hydrogens (primary N) is 1. The third-order valence-corrected chi connectivity index (χ3v) is 3.91. The van der Waals surface area contributed by atoms with E-state index in [9.17, 15) is 0 Å². The van der Waals surface area contributed by atoms with E-state index in [4.69, 9.17) is 15.2 Å². The highest BCUT2D eigenvalue weighted by molar-refractivity contribution is 9.10. The first-order valence-electron chi connectivity index (χ1n) is 7.46. The normalized spacial score (nSPS) is 10.4. The van der Waals surface area contributed by atoms with Gasteiger partial charge in [0.25, 0.3) is 0 Å². The second-order valence-corrected chi connectivity index (χ2v) is 5.97. The van der Waals surface area contributed by atoms with Crippen LogP contribution < -0.4 is 15.2 Å². The van der Waals surface area contributed by atoms with Crippen molar-refractivity contribution in [2.45, 2.75) is 13.3 Å². The van der Waals surface area contributed by atoms with Crippen LogP contribution in [0.2, 0.25) is 0 Å². The quantitative estimate of drug-likeness (QED) is 0.671. The molecule has 0 fully saturated rings. The summed E-state index contributed by atoms with van der Waals surface area (Å²) in [6, 6.07) is 15.2. The van der Waals surface area contributed by atoms with Crippen molar-refractivity contribution in [2.75, 3.05) is 5.73 Å². The van der Waals surface area contributed by atoms with E-state index in [0.717, 1.165) is 10.9 Å². The van der Waals surface area contributed by atoms with Gasteiger partial charge in [0, 0.05) is 4.47 Å². The molecule has 0 unspecified atom stereocenters. The van der Waals surface area contributed by atoms with Crippen molar-refractivity contribution < 1.29 is 9.47 Å². The Balaban J connectivity index is 1.80. The van der Waals surface area contributed by atoms with Gasteiger partial charge in [-0.25, -0.2) is 0 Å². The monoisotopic (exact) mass is 385 g/mol. The highest BCUT2D eigenvalue weighted by Crippen LogP contribution is 2.33. The van der Waals surface area contributed by atoms with Crippen molar-refractivity contribution in [1.82, 2.24) is 9.97 Å². The predicted molar refractivity (Wildman–Crippen MR) is 96.6 cm³/mol. The molecular weight excluding hydrogens is 370 g/mol. The highest BCUT2D eigenvalue weighted by Gasteiger charge is 2.12. The fourth-order valence-electron chi connectivity index (χ4n) is 2.05. The van der Waals surface area contributed by atoms with Crippen molar-refractivity contribution in [2.24, 2.45) is 0 Å². The summed E-state index contributed by atoms with van der Waals surface area (Å²) in [6.07, 6.45) is 2.33. The summed E-state index contributed by atoms with van der Waals surface area (Å²) >= 11 is 3.38. The van der Waals surface area contributed by atoms with Crippen molar-refractivity contribution in [3.8, 4) is 23.3 Å². The summed E-state index contributed by atoms with van der Waals surface area (Å²) < 4.78 is 12.4. The van der Waals surface area contributed by atoms with Crippen molar-refractivity contribution in [1.29, 1.82) is 0 Å². The molecule has 0 atom stereocenters. The first kappa shape index (κ1) is 16.3. The lowest BCUT2D eigenvalue weighted by Gasteiger charge is -2.11. The van der Waals surface area contributed by atoms with E-state index >= 15 is 0 Å². The summed E-state index contributed by atoms with van der Waals surface area (Å²) in [6.45, 7) is 2.10.